The van der Waals surface area contributed by atoms with Crippen LogP contribution < -0.4 is 10.2 Å². The van der Waals surface area contributed by atoms with Gasteiger partial charge in [0.15, 0.2) is 0 Å². The Labute approximate surface area is 136 Å². The molecule has 1 aromatic carbocycles. The molecule has 2 fully saturated rings. The van der Waals surface area contributed by atoms with E-state index in [4.69, 9.17) is 4.74 Å². The minimum atomic E-state index is -0.308. The highest BCUT2D eigenvalue weighted by atomic mass is 16.5. The van der Waals surface area contributed by atoms with Gasteiger partial charge in [0.05, 0.1) is 13.2 Å². The summed E-state index contributed by atoms with van der Waals surface area (Å²) in [5.74, 6) is 0.246. The molecule has 23 heavy (non-hydrogen) atoms. The van der Waals surface area contributed by atoms with Crippen molar-refractivity contribution in [2.45, 2.75) is 25.8 Å². The second kappa shape index (κ2) is 7.00. The van der Waals surface area contributed by atoms with Gasteiger partial charge in [-0.15, -0.1) is 0 Å². The topological polar surface area (TPSA) is 61.9 Å². The predicted octanol–water partition coefficient (Wildman–Crippen LogP) is 1.47. The van der Waals surface area contributed by atoms with Crippen molar-refractivity contribution in [3.8, 4) is 0 Å². The molecule has 1 atom stereocenters. The van der Waals surface area contributed by atoms with E-state index in [1.165, 1.54) is 0 Å². The highest BCUT2D eigenvalue weighted by molar-refractivity contribution is 5.95. The van der Waals surface area contributed by atoms with Crippen molar-refractivity contribution < 1.29 is 14.3 Å². The lowest BCUT2D eigenvalue weighted by Crippen LogP contribution is -2.47. The Bertz CT molecular complexity index is 584. The SMILES string of the molecule is C[C@@H](Nc1cccc(N2CCCC2=O)c1)C(=O)N1CCOCC1. The Balaban J connectivity index is 1.65. The first kappa shape index (κ1) is 15.8. The van der Waals surface area contributed by atoms with Crippen LogP contribution in [-0.4, -0.2) is 55.6 Å². The lowest BCUT2D eigenvalue weighted by atomic mass is 10.2. The maximum absolute atomic E-state index is 12.4. The van der Waals surface area contributed by atoms with Gasteiger partial charge in [0.2, 0.25) is 11.8 Å². The maximum Gasteiger partial charge on any atom is 0.244 e. The molecule has 1 N–H and O–H groups in total. The van der Waals surface area contributed by atoms with Crippen molar-refractivity contribution in [2.75, 3.05) is 43.1 Å². The molecular formula is C17H23N3O3. The number of nitrogens with zero attached hydrogens (tertiary/aromatic N) is 2. The van der Waals surface area contributed by atoms with E-state index in [1.807, 2.05) is 36.1 Å². The third kappa shape index (κ3) is 3.64. The Morgan fingerprint density at radius 1 is 1.26 bits per heavy atom. The molecule has 0 aliphatic carbocycles. The molecule has 2 amide bonds. The first-order valence-electron chi connectivity index (χ1n) is 8.18. The van der Waals surface area contributed by atoms with E-state index in [2.05, 4.69) is 5.32 Å². The van der Waals surface area contributed by atoms with Crippen LogP contribution in [0.4, 0.5) is 11.4 Å². The quantitative estimate of drug-likeness (QED) is 0.913. The van der Waals surface area contributed by atoms with E-state index in [0.29, 0.717) is 32.7 Å². The fraction of sp³-hybridized carbons (Fsp3) is 0.529. The highest BCUT2D eigenvalue weighted by Crippen LogP contribution is 2.24. The lowest BCUT2D eigenvalue weighted by molar-refractivity contribution is -0.135. The number of carbonyl (C=O) groups excluding carboxylic acids is 2. The zero-order chi connectivity index (χ0) is 16.2. The molecule has 0 radical (unpaired) electrons. The van der Waals surface area contributed by atoms with Crippen LogP contribution in [0.15, 0.2) is 24.3 Å². The van der Waals surface area contributed by atoms with E-state index in [0.717, 1.165) is 24.3 Å². The molecule has 0 saturated carbocycles. The van der Waals surface area contributed by atoms with E-state index in [9.17, 15) is 9.59 Å². The molecule has 2 aliphatic heterocycles. The van der Waals surface area contributed by atoms with E-state index >= 15 is 0 Å². The first-order valence-corrected chi connectivity index (χ1v) is 8.18. The van der Waals surface area contributed by atoms with Gasteiger partial charge in [0.25, 0.3) is 0 Å². The van der Waals surface area contributed by atoms with Gasteiger partial charge in [-0.05, 0) is 31.5 Å². The van der Waals surface area contributed by atoms with Crippen molar-refractivity contribution in [2.24, 2.45) is 0 Å². The molecule has 0 spiro atoms. The van der Waals surface area contributed by atoms with E-state index in [1.54, 1.807) is 4.90 Å². The van der Waals surface area contributed by atoms with Crippen molar-refractivity contribution in [1.29, 1.82) is 0 Å². The van der Waals surface area contributed by atoms with Gasteiger partial charge in [-0.1, -0.05) is 6.07 Å². The molecule has 0 aromatic heterocycles. The summed E-state index contributed by atoms with van der Waals surface area (Å²) in [5.41, 5.74) is 1.75. The number of carbonyl (C=O) groups is 2. The van der Waals surface area contributed by atoms with Crippen molar-refractivity contribution in [1.82, 2.24) is 4.90 Å². The third-order valence-electron chi connectivity index (χ3n) is 4.31. The monoisotopic (exact) mass is 317 g/mol. The summed E-state index contributed by atoms with van der Waals surface area (Å²) in [6.45, 7) is 5.13. The second-order valence-corrected chi connectivity index (χ2v) is 6.00. The molecule has 3 rings (SSSR count). The zero-order valence-electron chi connectivity index (χ0n) is 13.5. The van der Waals surface area contributed by atoms with Crippen LogP contribution >= 0.6 is 0 Å². The summed E-state index contributed by atoms with van der Waals surface area (Å²) in [6, 6.07) is 7.40. The first-order chi connectivity index (χ1) is 11.1. The maximum atomic E-state index is 12.4. The lowest BCUT2D eigenvalue weighted by Gasteiger charge is -2.30. The van der Waals surface area contributed by atoms with Crippen LogP contribution in [0, 0.1) is 0 Å². The molecule has 2 heterocycles. The Hall–Kier alpha value is -2.08. The van der Waals surface area contributed by atoms with Crippen molar-refractivity contribution in [3.05, 3.63) is 24.3 Å². The number of nitrogens with one attached hydrogen (secondary N) is 1. The fourth-order valence-electron chi connectivity index (χ4n) is 3.05. The van der Waals surface area contributed by atoms with Gasteiger partial charge in [-0.3, -0.25) is 9.59 Å². The number of hydrogen-bond donors (Lipinski definition) is 1. The summed E-state index contributed by atoms with van der Waals surface area (Å²) in [5, 5.41) is 3.25. The number of anilines is 2. The normalized spacial score (nSPS) is 19.8. The Morgan fingerprint density at radius 3 is 2.74 bits per heavy atom. The van der Waals surface area contributed by atoms with E-state index in [-0.39, 0.29) is 17.9 Å². The van der Waals surface area contributed by atoms with Gasteiger partial charge in [-0.25, -0.2) is 0 Å². The minimum absolute atomic E-state index is 0.0796. The molecule has 0 bridgehead atoms. The fourth-order valence-corrected chi connectivity index (χ4v) is 3.05. The average molecular weight is 317 g/mol. The summed E-state index contributed by atoms with van der Waals surface area (Å²) < 4.78 is 5.28. The molecule has 124 valence electrons. The standard InChI is InChI=1S/C17H23N3O3/c1-13(17(22)19-8-10-23-11-9-19)18-14-4-2-5-15(12-14)20-7-3-6-16(20)21/h2,4-5,12-13,18H,3,6-11H2,1H3/t13-/m1/s1. The number of benzene rings is 1. The van der Waals surface area contributed by atoms with Crippen molar-refractivity contribution in [3.63, 3.8) is 0 Å². The van der Waals surface area contributed by atoms with Crippen LogP contribution in [0.1, 0.15) is 19.8 Å². The van der Waals surface area contributed by atoms with Gasteiger partial charge in [0, 0.05) is 37.4 Å². The molecule has 1 aromatic rings. The predicted molar refractivity (Wildman–Crippen MR) is 88.5 cm³/mol. The zero-order valence-corrected chi connectivity index (χ0v) is 13.5. The van der Waals surface area contributed by atoms with Gasteiger partial charge in [-0.2, -0.15) is 0 Å². The summed E-state index contributed by atoms with van der Waals surface area (Å²) in [7, 11) is 0. The summed E-state index contributed by atoms with van der Waals surface area (Å²) in [6.07, 6.45) is 1.52. The molecule has 2 saturated heterocycles. The van der Waals surface area contributed by atoms with Crippen LogP contribution in [0.3, 0.4) is 0 Å². The Kier molecular flexibility index (Phi) is 4.81. The molecular weight excluding hydrogens is 294 g/mol. The van der Waals surface area contributed by atoms with E-state index < -0.39 is 0 Å². The van der Waals surface area contributed by atoms with Crippen LogP contribution in [-0.2, 0) is 14.3 Å². The average Bonchev–Trinajstić information content (AvgIpc) is 3.01. The number of morpholine rings is 1. The number of rotatable bonds is 4. The molecule has 6 heteroatoms. The smallest absolute Gasteiger partial charge is 0.244 e. The number of hydrogen-bond acceptors (Lipinski definition) is 4. The van der Waals surface area contributed by atoms with Crippen LogP contribution in [0.2, 0.25) is 0 Å². The molecule has 6 nitrogen and oxygen atoms in total. The summed E-state index contributed by atoms with van der Waals surface area (Å²) in [4.78, 5) is 27.9. The number of ether oxygens (including phenoxy) is 1. The second-order valence-electron chi connectivity index (χ2n) is 6.00. The highest BCUT2D eigenvalue weighted by Gasteiger charge is 2.24. The third-order valence-corrected chi connectivity index (χ3v) is 4.31. The minimum Gasteiger partial charge on any atom is -0.378 e. The van der Waals surface area contributed by atoms with Gasteiger partial charge >= 0.3 is 0 Å². The van der Waals surface area contributed by atoms with Crippen LogP contribution in [0.25, 0.3) is 0 Å². The van der Waals surface area contributed by atoms with Crippen molar-refractivity contribution >= 4 is 23.2 Å². The number of amides is 2. The van der Waals surface area contributed by atoms with Crippen LogP contribution in [0.5, 0.6) is 0 Å². The Morgan fingerprint density at radius 2 is 2.04 bits per heavy atom. The molecule has 0 unspecified atom stereocenters. The van der Waals surface area contributed by atoms with Gasteiger partial charge < -0.3 is 19.9 Å². The largest absolute Gasteiger partial charge is 0.378 e. The molecule has 2 aliphatic rings. The van der Waals surface area contributed by atoms with Gasteiger partial charge in [0.1, 0.15) is 6.04 Å². The summed E-state index contributed by atoms with van der Waals surface area (Å²) >= 11 is 0.